The van der Waals surface area contributed by atoms with Gasteiger partial charge in [-0.15, -0.1) is 36.6 Å². The summed E-state index contributed by atoms with van der Waals surface area (Å²) in [5.74, 6) is -2.09. The number of thiazole rings is 1. The summed E-state index contributed by atoms with van der Waals surface area (Å²) in [4.78, 5) is 23.7. The van der Waals surface area contributed by atoms with E-state index >= 15 is 0 Å². The zero-order chi connectivity index (χ0) is 29.0. The van der Waals surface area contributed by atoms with Gasteiger partial charge in [-0.05, 0) is 37.1 Å². The topological polar surface area (TPSA) is 131 Å². The Kier molecular flexibility index (Phi) is 13.0. The lowest BCUT2D eigenvalue weighted by molar-refractivity contribution is 0.0410. The molecule has 2 fully saturated rings. The van der Waals surface area contributed by atoms with Crippen LogP contribution in [0.5, 0.6) is 0 Å². The van der Waals surface area contributed by atoms with Crippen molar-refractivity contribution in [2.24, 2.45) is 0 Å². The lowest BCUT2D eigenvalue weighted by atomic mass is 10.1. The van der Waals surface area contributed by atoms with E-state index in [4.69, 9.17) is 10.5 Å². The minimum Gasteiger partial charge on any atom is -0.382 e. The van der Waals surface area contributed by atoms with Crippen LogP contribution in [0.4, 0.5) is 19.7 Å². The van der Waals surface area contributed by atoms with E-state index in [1.807, 2.05) is 0 Å². The van der Waals surface area contributed by atoms with Crippen molar-refractivity contribution in [1.29, 1.82) is 0 Å². The summed E-state index contributed by atoms with van der Waals surface area (Å²) >= 11 is 2.50. The van der Waals surface area contributed by atoms with Gasteiger partial charge in [0.1, 0.15) is 27.2 Å². The molecule has 0 saturated carbocycles. The minimum absolute atomic E-state index is 0. The van der Waals surface area contributed by atoms with Crippen molar-refractivity contribution in [3.8, 4) is 0 Å². The summed E-state index contributed by atoms with van der Waals surface area (Å²) in [5.41, 5.74) is 5.21. The Morgan fingerprint density at radius 2 is 1.77 bits per heavy atom. The normalized spacial score (nSPS) is 16.7. The molecule has 2 aliphatic rings. The van der Waals surface area contributed by atoms with Crippen molar-refractivity contribution in [1.82, 2.24) is 19.2 Å². The van der Waals surface area contributed by atoms with E-state index in [9.17, 15) is 22.0 Å². The van der Waals surface area contributed by atoms with Gasteiger partial charge in [-0.2, -0.15) is 4.31 Å². The summed E-state index contributed by atoms with van der Waals surface area (Å²) < 4.78 is 61.4. The lowest BCUT2D eigenvalue weighted by Crippen LogP contribution is -2.42. The van der Waals surface area contributed by atoms with Gasteiger partial charge in [-0.1, -0.05) is 17.4 Å². The van der Waals surface area contributed by atoms with Crippen LogP contribution in [0, 0.1) is 11.6 Å². The van der Waals surface area contributed by atoms with Crippen LogP contribution in [-0.2, 0) is 14.8 Å². The van der Waals surface area contributed by atoms with Gasteiger partial charge < -0.3 is 15.8 Å². The number of sulfonamides is 1. The smallest absolute Gasteiger partial charge is 0.244 e. The highest BCUT2D eigenvalue weighted by Crippen LogP contribution is 2.31. The number of piperidine rings is 1. The molecular formula is C26H32Cl2F2N6O4S3. The fraction of sp³-hybridized carbons (Fsp3) is 0.423. The molecule has 0 radical (unpaired) electrons. The van der Waals surface area contributed by atoms with Gasteiger partial charge >= 0.3 is 0 Å². The number of nitrogens with two attached hydrogens (primary N) is 1. The molecule has 2 saturated heterocycles. The summed E-state index contributed by atoms with van der Waals surface area (Å²) in [6.07, 6.45) is 2.39. The third kappa shape index (κ3) is 8.54. The number of pyridine rings is 1. The average molecular weight is 698 g/mol. The van der Waals surface area contributed by atoms with Crippen LogP contribution in [0.2, 0.25) is 0 Å². The van der Waals surface area contributed by atoms with Crippen molar-refractivity contribution in [3.05, 3.63) is 58.6 Å². The van der Waals surface area contributed by atoms with Crippen LogP contribution < -0.4 is 11.1 Å². The van der Waals surface area contributed by atoms with Gasteiger partial charge in [0.25, 0.3) is 0 Å². The van der Waals surface area contributed by atoms with Gasteiger partial charge in [0, 0.05) is 50.7 Å². The number of carbonyl (C=O) groups is 1. The number of aromatic nitrogens is 2. The van der Waals surface area contributed by atoms with Crippen molar-refractivity contribution >= 4 is 74.7 Å². The summed E-state index contributed by atoms with van der Waals surface area (Å²) in [6, 6.07) is 6.40. The van der Waals surface area contributed by atoms with E-state index < -0.39 is 33.0 Å². The number of benzene rings is 1. The largest absolute Gasteiger partial charge is 0.382 e. The van der Waals surface area contributed by atoms with Crippen LogP contribution in [0.15, 0.2) is 46.5 Å². The lowest BCUT2D eigenvalue weighted by Gasteiger charge is -2.31. The van der Waals surface area contributed by atoms with Crippen LogP contribution in [0.25, 0.3) is 0 Å². The maximum atomic E-state index is 14.1. The second-order valence-electron chi connectivity index (χ2n) is 9.62. The zero-order valence-corrected chi connectivity index (χ0v) is 27.0. The van der Waals surface area contributed by atoms with Crippen LogP contribution in [-0.4, -0.2) is 91.1 Å². The van der Waals surface area contributed by atoms with E-state index in [0.717, 1.165) is 67.1 Å². The van der Waals surface area contributed by atoms with E-state index in [-0.39, 0.29) is 59.5 Å². The molecule has 3 aromatic rings. The van der Waals surface area contributed by atoms with Gasteiger partial charge in [-0.3, -0.25) is 9.69 Å². The van der Waals surface area contributed by atoms with Crippen molar-refractivity contribution in [2.45, 2.75) is 28.8 Å². The molecule has 17 heteroatoms. The Morgan fingerprint density at radius 3 is 2.40 bits per heavy atom. The van der Waals surface area contributed by atoms with Crippen molar-refractivity contribution in [2.75, 3.05) is 62.7 Å². The van der Waals surface area contributed by atoms with Gasteiger partial charge in [0.05, 0.1) is 23.8 Å². The molecule has 5 rings (SSSR count). The van der Waals surface area contributed by atoms with E-state index in [0.29, 0.717) is 18.0 Å². The predicted octanol–water partition coefficient (Wildman–Crippen LogP) is 4.16. The van der Waals surface area contributed by atoms with E-state index in [1.54, 1.807) is 23.9 Å². The Hall–Kier alpha value is -2.11. The first-order valence-electron chi connectivity index (χ1n) is 13.1. The fourth-order valence-electron chi connectivity index (χ4n) is 4.66. The molecule has 0 aliphatic carbocycles. The second kappa shape index (κ2) is 15.8. The Bertz CT molecular complexity index is 1470. The molecule has 0 spiro atoms. The molecule has 2 aliphatic heterocycles. The summed E-state index contributed by atoms with van der Waals surface area (Å²) in [5, 5.41) is 4.29. The Morgan fingerprint density at radius 1 is 1.09 bits per heavy atom. The number of hydrogen-bond donors (Lipinski definition) is 2. The second-order valence-corrected chi connectivity index (χ2v) is 13.7. The number of carbonyl (C=O) groups excluding carboxylic acids is 1. The standard InChI is InChI=1S/C26H30F2N6O4S3.2ClH/c27-19-2-1-3-20(28)22(19)23(35)24-25(29)32-26(40-24)31-17-6-8-34(9-7-17)41(36,37)18-4-5-21(30-16-18)39-15-12-33-10-13-38-14-11-33;;/h1-5,16-17H,6-15,29H2,(H,31,32);2*1H. The van der Waals surface area contributed by atoms with E-state index in [1.165, 1.54) is 16.6 Å². The van der Waals surface area contributed by atoms with Gasteiger partial charge in [0.2, 0.25) is 15.8 Å². The highest BCUT2D eigenvalue weighted by Gasteiger charge is 2.31. The van der Waals surface area contributed by atoms with Crippen LogP contribution in [0.1, 0.15) is 28.1 Å². The molecule has 3 N–H and O–H groups in total. The molecule has 0 atom stereocenters. The highest BCUT2D eigenvalue weighted by atomic mass is 35.5. The highest BCUT2D eigenvalue weighted by molar-refractivity contribution is 7.99. The van der Waals surface area contributed by atoms with Gasteiger partial charge in [-0.25, -0.2) is 27.2 Å². The van der Waals surface area contributed by atoms with Crippen molar-refractivity contribution < 1.29 is 26.7 Å². The maximum Gasteiger partial charge on any atom is 0.244 e. The Balaban J connectivity index is 0.00000253. The number of ketones is 1. The average Bonchev–Trinajstić information content (AvgIpc) is 3.33. The number of ether oxygens (including phenoxy) is 1. The minimum atomic E-state index is -3.70. The summed E-state index contributed by atoms with van der Waals surface area (Å²) in [6.45, 7) is 4.84. The third-order valence-corrected chi connectivity index (χ3v) is 10.7. The molecule has 2 aromatic heterocycles. The number of morpholine rings is 1. The molecular weight excluding hydrogens is 665 g/mol. The molecule has 43 heavy (non-hydrogen) atoms. The van der Waals surface area contributed by atoms with Gasteiger partial charge in [0.15, 0.2) is 5.13 Å². The molecule has 0 bridgehead atoms. The molecule has 1 aromatic carbocycles. The molecule has 10 nitrogen and oxygen atoms in total. The molecule has 0 amide bonds. The molecule has 0 unspecified atom stereocenters. The number of rotatable bonds is 10. The molecule has 236 valence electrons. The summed E-state index contributed by atoms with van der Waals surface area (Å²) in [7, 11) is -3.70. The van der Waals surface area contributed by atoms with E-state index in [2.05, 4.69) is 20.2 Å². The first kappa shape index (κ1) is 35.4. The number of nitrogens with one attached hydrogen (secondary N) is 1. The van der Waals surface area contributed by atoms with Crippen LogP contribution >= 0.6 is 47.9 Å². The number of halogens is 4. The molecule has 4 heterocycles. The fourth-order valence-corrected chi connectivity index (χ4v) is 7.83. The number of nitrogens with zero attached hydrogens (tertiary/aromatic N) is 4. The van der Waals surface area contributed by atoms with Crippen molar-refractivity contribution in [3.63, 3.8) is 0 Å². The first-order chi connectivity index (χ1) is 19.7. The third-order valence-electron chi connectivity index (χ3n) is 6.94. The monoisotopic (exact) mass is 696 g/mol. The van der Waals surface area contributed by atoms with Crippen LogP contribution in [0.3, 0.4) is 0 Å². The first-order valence-corrected chi connectivity index (χ1v) is 16.4. The number of anilines is 2. The number of thioether (sulfide) groups is 1. The Labute approximate surface area is 269 Å². The quantitative estimate of drug-likeness (QED) is 0.235. The zero-order valence-electron chi connectivity index (χ0n) is 22.9. The number of hydrogen-bond acceptors (Lipinski definition) is 11. The SMILES string of the molecule is Cl.Cl.Nc1nc(NC2CCN(S(=O)(=O)c3ccc(SCCN4CCOCC4)nc3)CC2)sc1C(=O)c1c(F)cccc1F. The maximum absolute atomic E-state index is 14.1. The predicted molar refractivity (Wildman–Crippen MR) is 168 cm³/mol. The number of nitrogen functional groups attached to an aromatic ring is 1.